The minimum absolute atomic E-state index is 0.707. The van der Waals surface area contributed by atoms with E-state index in [-0.39, 0.29) is 0 Å². The van der Waals surface area contributed by atoms with Gasteiger partial charge in [-0.25, -0.2) is 0 Å². The normalized spacial score (nSPS) is 18.2. The first-order valence-corrected chi connectivity index (χ1v) is 9.54. The summed E-state index contributed by atoms with van der Waals surface area (Å²) >= 11 is 0. The van der Waals surface area contributed by atoms with Crippen molar-refractivity contribution in [3.63, 3.8) is 0 Å². The first-order chi connectivity index (χ1) is 11.8. The summed E-state index contributed by atoms with van der Waals surface area (Å²) in [5.74, 6) is 6.34. The average Bonchev–Trinajstić information content (AvgIpc) is 2.95. The Bertz CT molecular complexity index is 1020. The van der Waals surface area contributed by atoms with Crippen molar-refractivity contribution in [2.45, 2.75) is 0 Å². The summed E-state index contributed by atoms with van der Waals surface area (Å²) in [4.78, 5) is 0. The molecule has 2 heteroatoms. The maximum atomic E-state index is 14.0. The van der Waals surface area contributed by atoms with Gasteiger partial charge in [0.15, 0.2) is 7.14 Å². The van der Waals surface area contributed by atoms with Crippen molar-refractivity contribution in [2.75, 3.05) is 0 Å². The van der Waals surface area contributed by atoms with Gasteiger partial charge in [-0.15, -0.1) is 0 Å². The lowest BCUT2D eigenvalue weighted by Gasteiger charge is -2.15. The van der Waals surface area contributed by atoms with Crippen LogP contribution in [0.25, 0.3) is 6.08 Å². The molecule has 1 atom stereocenters. The van der Waals surface area contributed by atoms with Gasteiger partial charge in [0.25, 0.3) is 0 Å². The number of allylic oxidation sites excluding steroid dienone is 1. The molecule has 0 saturated heterocycles. The average molecular weight is 326 g/mol. The highest BCUT2D eigenvalue weighted by molar-refractivity contribution is 7.83. The summed E-state index contributed by atoms with van der Waals surface area (Å²) in [6.45, 7) is 0. The smallest absolute Gasteiger partial charge is 0.179 e. The lowest BCUT2D eigenvalue weighted by molar-refractivity contribution is 0.591. The molecule has 0 radical (unpaired) electrons. The predicted molar refractivity (Wildman–Crippen MR) is 101 cm³/mol. The number of hydrogen-bond donors (Lipinski definition) is 0. The van der Waals surface area contributed by atoms with E-state index in [0.29, 0.717) is 5.31 Å². The Morgan fingerprint density at radius 1 is 0.667 bits per heavy atom. The van der Waals surface area contributed by atoms with Gasteiger partial charge < -0.3 is 4.57 Å². The Morgan fingerprint density at radius 2 is 1.29 bits per heavy atom. The molecule has 0 fully saturated rings. The van der Waals surface area contributed by atoms with Gasteiger partial charge in [0.05, 0.1) is 5.31 Å². The van der Waals surface area contributed by atoms with Crippen LogP contribution in [0.2, 0.25) is 0 Å². The van der Waals surface area contributed by atoms with Gasteiger partial charge in [-0.2, -0.15) is 0 Å². The third-order valence-corrected chi connectivity index (χ3v) is 7.17. The minimum Gasteiger partial charge on any atom is -0.308 e. The highest BCUT2D eigenvalue weighted by atomic mass is 31.2. The zero-order valence-corrected chi connectivity index (χ0v) is 13.9. The van der Waals surface area contributed by atoms with Crippen LogP contribution in [-0.4, -0.2) is 0 Å². The Morgan fingerprint density at radius 3 is 2.04 bits per heavy atom. The van der Waals surface area contributed by atoms with Crippen molar-refractivity contribution >= 4 is 23.8 Å². The number of fused-ring (bicyclic) bond motifs is 1. The molecular weight excluding hydrogens is 311 g/mol. The molecule has 0 unspecified atom stereocenters. The van der Waals surface area contributed by atoms with Gasteiger partial charge in [-0.3, -0.25) is 0 Å². The van der Waals surface area contributed by atoms with Crippen LogP contribution in [0.1, 0.15) is 11.1 Å². The molecule has 114 valence electrons. The molecule has 1 aliphatic heterocycles. The van der Waals surface area contributed by atoms with Crippen LogP contribution in [-0.2, 0) is 4.57 Å². The maximum Gasteiger partial charge on any atom is 0.179 e. The van der Waals surface area contributed by atoms with Gasteiger partial charge in [-0.1, -0.05) is 84.6 Å². The second-order valence-corrected chi connectivity index (χ2v) is 8.35. The van der Waals surface area contributed by atoms with Gasteiger partial charge in [0.1, 0.15) is 0 Å². The molecule has 1 aliphatic rings. The lowest BCUT2D eigenvalue weighted by Crippen LogP contribution is -2.15. The number of benzene rings is 3. The maximum absolute atomic E-state index is 14.0. The van der Waals surface area contributed by atoms with E-state index in [4.69, 9.17) is 0 Å². The standard InChI is InChI=1S/C22H15OP/c23-24(20-12-5-2-6-13-20)21(16-15-18-9-3-1-4-10-18)17-19-11-7-8-14-22(19)24/h1-14,17H/t24-/m0/s1. The molecule has 0 saturated carbocycles. The van der Waals surface area contributed by atoms with E-state index in [1.807, 2.05) is 91.0 Å². The SMILES string of the molecule is O=[P@@]1(c2ccccc2)C(C#Cc2ccccc2)=Cc2ccccc21. The fourth-order valence-electron chi connectivity index (χ4n) is 2.95. The molecule has 0 aliphatic carbocycles. The van der Waals surface area contributed by atoms with Gasteiger partial charge in [0, 0.05) is 16.2 Å². The van der Waals surface area contributed by atoms with Crippen LogP contribution in [0.15, 0.2) is 90.2 Å². The molecule has 3 aromatic rings. The van der Waals surface area contributed by atoms with Crippen LogP contribution >= 0.6 is 7.14 Å². The molecule has 1 nitrogen and oxygen atoms in total. The van der Waals surface area contributed by atoms with E-state index >= 15 is 0 Å². The summed E-state index contributed by atoms with van der Waals surface area (Å²) in [6.07, 6.45) is 1.97. The molecule has 3 aromatic carbocycles. The second-order valence-electron chi connectivity index (χ2n) is 5.65. The second kappa shape index (κ2) is 6.00. The predicted octanol–water partition coefficient (Wildman–Crippen LogP) is 4.41. The summed E-state index contributed by atoms with van der Waals surface area (Å²) in [6, 6.07) is 27.3. The summed E-state index contributed by atoms with van der Waals surface area (Å²) < 4.78 is 14.0. The van der Waals surface area contributed by atoms with Gasteiger partial charge in [0.2, 0.25) is 0 Å². The van der Waals surface area contributed by atoms with Crippen molar-refractivity contribution < 1.29 is 4.57 Å². The fraction of sp³-hybridized carbons (Fsp3) is 0. The highest BCUT2D eigenvalue weighted by Crippen LogP contribution is 2.56. The quantitative estimate of drug-likeness (QED) is 0.478. The van der Waals surface area contributed by atoms with Crippen molar-refractivity contribution in [3.8, 4) is 11.8 Å². The molecule has 24 heavy (non-hydrogen) atoms. The van der Waals surface area contributed by atoms with Crippen LogP contribution in [0, 0.1) is 11.8 Å². The minimum atomic E-state index is -2.87. The number of rotatable bonds is 1. The summed E-state index contributed by atoms with van der Waals surface area (Å²) in [7, 11) is -2.87. The third-order valence-electron chi connectivity index (χ3n) is 4.14. The zero-order valence-electron chi connectivity index (χ0n) is 13.0. The van der Waals surface area contributed by atoms with Crippen molar-refractivity contribution in [1.82, 2.24) is 0 Å². The van der Waals surface area contributed by atoms with E-state index in [2.05, 4.69) is 11.8 Å². The molecule has 4 rings (SSSR count). The number of hydrogen-bond acceptors (Lipinski definition) is 1. The Hall–Kier alpha value is -2.81. The van der Waals surface area contributed by atoms with E-state index in [1.165, 1.54) is 0 Å². The summed E-state index contributed by atoms with van der Waals surface area (Å²) in [5.41, 5.74) is 1.93. The molecule has 1 heterocycles. The Balaban J connectivity index is 1.88. The van der Waals surface area contributed by atoms with Crippen LogP contribution in [0.4, 0.5) is 0 Å². The van der Waals surface area contributed by atoms with E-state index in [9.17, 15) is 4.57 Å². The molecule has 0 aromatic heterocycles. The lowest BCUT2D eigenvalue weighted by atomic mass is 10.2. The highest BCUT2D eigenvalue weighted by Gasteiger charge is 2.37. The van der Waals surface area contributed by atoms with Crippen molar-refractivity contribution in [3.05, 3.63) is 101 Å². The first-order valence-electron chi connectivity index (χ1n) is 7.83. The van der Waals surface area contributed by atoms with Crippen molar-refractivity contribution in [1.29, 1.82) is 0 Å². The van der Waals surface area contributed by atoms with E-state index in [1.54, 1.807) is 0 Å². The first kappa shape index (κ1) is 14.8. The molecule has 0 bridgehead atoms. The topological polar surface area (TPSA) is 17.1 Å². The van der Waals surface area contributed by atoms with E-state index < -0.39 is 7.14 Å². The van der Waals surface area contributed by atoms with Crippen LogP contribution in [0.3, 0.4) is 0 Å². The fourth-order valence-corrected chi connectivity index (χ4v) is 5.69. The molecule has 0 spiro atoms. The molecular formula is C22H15OP. The van der Waals surface area contributed by atoms with Crippen LogP contribution < -0.4 is 10.6 Å². The van der Waals surface area contributed by atoms with Crippen molar-refractivity contribution in [2.24, 2.45) is 0 Å². The van der Waals surface area contributed by atoms with Crippen LogP contribution in [0.5, 0.6) is 0 Å². The third kappa shape index (κ3) is 2.42. The van der Waals surface area contributed by atoms with Gasteiger partial charge in [-0.05, 0) is 23.8 Å². The molecule has 0 N–H and O–H groups in total. The van der Waals surface area contributed by atoms with Gasteiger partial charge >= 0.3 is 0 Å². The summed E-state index contributed by atoms with van der Waals surface area (Å²) in [5, 5.41) is 2.43. The van der Waals surface area contributed by atoms with E-state index in [0.717, 1.165) is 21.7 Å². The zero-order chi connectivity index (χ0) is 16.4. The Kier molecular flexibility index (Phi) is 3.69. The largest absolute Gasteiger partial charge is 0.308 e. The molecule has 0 amide bonds. The Labute approximate surface area is 142 Å². The monoisotopic (exact) mass is 326 g/mol.